The maximum atomic E-state index is 11.1. The highest BCUT2D eigenvalue weighted by molar-refractivity contribution is 9.10. The summed E-state index contributed by atoms with van der Waals surface area (Å²) in [6.07, 6.45) is 0.702. The van der Waals surface area contributed by atoms with Crippen LogP contribution in [0.5, 0.6) is 11.5 Å². The Balaban J connectivity index is 2.57. The first kappa shape index (κ1) is 19.9. The van der Waals surface area contributed by atoms with Gasteiger partial charge in [0.05, 0.1) is 36.5 Å². The van der Waals surface area contributed by atoms with Gasteiger partial charge < -0.3 is 28.4 Å². The maximum absolute atomic E-state index is 11.1. The van der Waals surface area contributed by atoms with Crippen molar-refractivity contribution in [3.8, 4) is 11.5 Å². The average molecular weight is 393 g/mol. The normalized spacial score (nSPS) is 10.6. The van der Waals surface area contributed by atoms with Gasteiger partial charge in [-0.3, -0.25) is 4.79 Å². The molecule has 1 aromatic carbocycles. The van der Waals surface area contributed by atoms with E-state index in [0.29, 0.717) is 54.2 Å². The zero-order chi connectivity index (χ0) is 16.9. The third kappa shape index (κ3) is 7.76. The lowest BCUT2D eigenvalue weighted by atomic mass is 10.2. The van der Waals surface area contributed by atoms with E-state index in [9.17, 15) is 4.79 Å². The molecule has 0 heterocycles. The molecule has 1 aromatic rings. The van der Waals surface area contributed by atoms with Crippen LogP contribution in [0.15, 0.2) is 16.6 Å². The van der Waals surface area contributed by atoms with Crippen molar-refractivity contribution < 1.29 is 33.2 Å². The molecule has 0 radical (unpaired) electrons. The molecule has 0 aromatic heterocycles. The van der Waals surface area contributed by atoms with E-state index in [1.54, 1.807) is 26.4 Å². The van der Waals surface area contributed by atoms with Crippen molar-refractivity contribution in [2.45, 2.75) is 0 Å². The molecule has 0 bridgehead atoms. The summed E-state index contributed by atoms with van der Waals surface area (Å²) in [6.45, 7) is 1.86. The monoisotopic (exact) mass is 392 g/mol. The largest absolute Gasteiger partial charge is 0.467 e. The number of benzene rings is 1. The van der Waals surface area contributed by atoms with E-state index >= 15 is 0 Å². The van der Waals surface area contributed by atoms with E-state index in [1.165, 1.54) is 0 Å². The Labute approximate surface area is 143 Å². The van der Waals surface area contributed by atoms with Gasteiger partial charge in [0.2, 0.25) is 0 Å². The number of hydrogen-bond acceptors (Lipinski definition) is 7. The zero-order valence-electron chi connectivity index (χ0n) is 13.2. The first-order valence-electron chi connectivity index (χ1n) is 6.90. The lowest BCUT2D eigenvalue weighted by molar-refractivity contribution is -0.0119. The second kappa shape index (κ2) is 12.3. The van der Waals surface area contributed by atoms with E-state index in [1.807, 2.05) is 0 Å². The van der Waals surface area contributed by atoms with Gasteiger partial charge >= 0.3 is 0 Å². The molecule has 0 aliphatic heterocycles. The fourth-order valence-corrected chi connectivity index (χ4v) is 1.97. The smallest absolute Gasteiger partial charge is 0.189 e. The second-order valence-corrected chi connectivity index (χ2v) is 5.12. The Hall–Kier alpha value is -1.19. The Bertz CT molecular complexity index is 467. The molecule has 0 spiro atoms. The molecule has 1 rings (SSSR count). The molecule has 7 nitrogen and oxygen atoms in total. The van der Waals surface area contributed by atoms with Crippen LogP contribution in [0.4, 0.5) is 0 Å². The molecule has 0 unspecified atom stereocenters. The Morgan fingerprint density at radius 3 is 2.00 bits per heavy atom. The van der Waals surface area contributed by atoms with Crippen molar-refractivity contribution in [2.24, 2.45) is 0 Å². The van der Waals surface area contributed by atoms with Crippen LogP contribution >= 0.6 is 15.9 Å². The fourth-order valence-electron chi connectivity index (χ4n) is 1.49. The molecule has 0 N–H and O–H groups in total. The van der Waals surface area contributed by atoms with Crippen molar-refractivity contribution in [1.29, 1.82) is 0 Å². The minimum Gasteiger partial charge on any atom is -0.467 e. The molecule has 0 fully saturated rings. The van der Waals surface area contributed by atoms with E-state index < -0.39 is 0 Å². The third-order valence-electron chi connectivity index (χ3n) is 2.65. The van der Waals surface area contributed by atoms with E-state index in [4.69, 9.17) is 28.4 Å². The minimum absolute atomic E-state index is 0.00953. The first-order chi connectivity index (χ1) is 11.2. The molecule has 8 heteroatoms. The molecular weight excluding hydrogens is 372 g/mol. The minimum atomic E-state index is 0.00953. The highest BCUT2D eigenvalue weighted by atomic mass is 79.9. The molecule has 0 aliphatic carbocycles. The summed E-state index contributed by atoms with van der Waals surface area (Å²) in [5.74, 6) is 0.868. The van der Waals surface area contributed by atoms with Crippen molar-refractivity contribution in [3.63, 3.8) is 0 Å². The lowest BCUT2D eigenvalue weighted by Gasteiger charge is -2.13. The number of ether oxygens (including phenoxy) is 6. The van der Waals surface area contributed by atoms with Crippen LogP contribution in [0.1, 0.15) is 10.4 Å². The number of methoxy groups -OCH3 is 2. The summed E-state index contributed by atoms with van der Waals surface area (Å²) in [5, 5.41) is 0. The molecule has 23 heavy (non-hydrogen) atoms. The van der Waals surface area contributed by atoms with Crippen LogP contribution < -0.4 is 9.47 Å². The Kier molecular flexibility index (Phi) is 10.6. The van der Waals surface area contributed by atoms with Crippen LogP contribution in [0, 0.1) is 0 Å². The van der Waals surface area contributed by atoms with Gasteiger partial charge in [-0.1, -0.05) is 0 Å². The average Bonchev–Trinajstić information content (AvgIpc) is 2.56. The van der Waals surface area contributed by atoms with E-state index in [0.717, 1.165) is 0 Å². The number of carbonyl (C=O) groups is 1. The van der Waals surface area contributed by atoms with Gasteiger partial charge in [0.15, 0.2) is 19.9 Å². The number of hydrogen-bond donors (Lipinski definition) is 0. The van der Waals surface area contributed by atoms with Gasteiger partial charge in [-0.05, 0) is 22.0 Å². The topological polar surface area (TPSA) is 72.5 Å². The standard InChI is InChI=1S/C15H21BrO7/c1-18-3-5-20-10-22-14-8-15(13(16)7-12(14)9-17)23-11-21-6-4-19-2/h7-9H,3-6,10-11H2,1-2H3. The molecule has 0 atom stereocenters. The summed E-state index contributed by atoms with van der Waals surface area (Å²) in [5.41, 5.74) is 0.389. The van der Waals surface area contributed by atoms with Gasteiger partial charge in [-0.15, -0.1) is 0 Å². The van der Waals surface area contributed by atoms with Crippen molar-refractivity contribution >= 4 is 22.2 Å². The molecular formula is C15H21BrO7. The van der Waals surface area contributed by atoms with Crippen molar-refractivity contribution in [2.75, 3.05) is 54.2 Å². The van der Waals surface area contributed by atoms with Crippen LogP contribution in [-0.4, -0.2) is 60.5 Å². The Morgan fingerprint density at radius 2 is 1.48 bits per heavy atom. The molecule has 0 aliphatic rings. The van der Waals surface area contributed by atoms with E-state index in [2.05, 4.69) is 15.9 Å². The fraction of sp³-hybridized carbons (Fsp3) is 0.533. The van der Waals surface area contributed by atoms with Crippen molar-refractivity contribution in [1.82, 2.24) is 0 Å². The summed E-state index contributed by atoms with van der Waals surface area (Å²) in [4.78, 5) is 11.1. The number of aldehydes is 1. The van der Waals surface area contributed by atoms with Gasteiger partial charge in [0.1, 0.15) is 11.5 Å². The highest BCUT2D eigenvalue weighted by Gasteiger charge is 2.11. The first-order valence-corrected chi connectivity index (χ1v) is 7.70. The highest BCUT2D eigenvalue weighted by Crippen LogP contribution is 2.32. The van der Waals surface area contributed by atoms with Gasteiger partial charge in [0.25, 0.3) is 0 Å². The molecule has 0 saturated carbocycles. The maximum Gasteiger partial charge on any atom is 0.189 e. The predicted molar refractivity (Wildman–Crippen MR) is 86.2 cm³/mol. The predicted octanol–water partition coefficient (Wildman–Crippen LogP) is 2.26. The quantitative estimate of drug-likeness (QED) is 0.289. The number of carbonyl (C=O) groups excluding carboxylic acids is 1. The number of rotatable bonds is 13. The number of halogens is 1. The van der Waals surface area contributed by atoms with Crippen LogP contribution in [-0.2, 0) is 18.9 Å². The zero-order valence-corrected chi connectivity index (χ0v) is 14.8. The van der Waals surface area contributed by atoms with Gasteiger partial charge in [0, 0.05) is 20.3 Å². The third-order valence-corrected chi connectivity index (χ3v) is 3.27. The van der Waals surface area contributed by atoms with Gasteiger partial charge in [-0.25, -0.2) is 0 Å². The van der Waals surface area contributed by atoms with E-state index in [-0.39, 0.29) is 13.6 Å². The molecule has 0 amide bonds. The van der Waals surface area contributed by atoms with Gasteiger partial charge in [-0.2, -0.15) is 0 Å². The summed E-state index contributed by atoms with van der Waals surface area (Å²) >= 11 is 3.34. The summed E-state index contributed by atoms with van der Waals surface area (Å²) in [6, 6.07) is 3.22. The van der Waals surface area contributed by atoms with Crippen LogP contribution in [0.3, 0.4) is 0 Å². The molecule has 0 saturated heterocycles. The van der Waals surface area contributed by atoms with Crippen LogP contribution in [0.25, 0.3) is 0 Å². The lowest BCUT2D eigenvalue weighted by Crippen LogP contribution is -2.10. The SMILES string of the molecule is COCCOCOc1cc(OCOCCOC)c(C=O)cc1Br. The van der Waals surface area contributed by atoms with Crippen LogP contribution in [0.2, 0.25) is 0 Å². The van der Waals surface area contributed by atoms with Crippen molar-refractivity contribution in [3.05, 3.63) is 22.2 Å². The second-order valence-electron chi connectivity index (χ2n) is 4.26. The summed E-state index contributed by atoms with van der Waals surface area (Å²) < 4.78 is 31.7. The summed E-state index contributed by atoms with van der Waals surface area (Å²) in [7, 11) is 3.18. The molecule has 130 valence electrons. The Morgan fingerprint density at radius 1 is 0.913 bits per heavy atom.